The Bertz CT molecular complexity index is 285. The number of nitrogens with one attached hydrogen (secondary N) is 2. The van der Waals surface area contributed by atoms with Crippen molar-refractivity contribution in [2.75, 3.05) is 14.1 Å². The molecule has 0 aliphatic rings. The molecule has 1 aromatic carbocycles. The van der Waals surface area contributed by atoms with Gasteiger partial charge in [-0.25, -0.2) is 5.01 Å². The van der Waals surface area contributed by atoms with Crippen molar-refractivity contribution in [2.45, 2.75) is 6.54 Å². The Balaban J connectivity index is 2.31. The Hall–Kier alpha value is -1.13. The zero-order valence-electron chi connectivity index (χ0n) is 8.45. The van der Waals surface area contributed by atoms with E-state index in [9.17, 15) is 0 Å². The molecule has 76 valence electrons. The lowest BCUT2D eigenvalue weighted by Crippen LogP contribution is -2.42. The molecular weight excluding hydrogens is 194 g/mol. The van der Waals surface area contributed by atoms with Crippen LogP contribution in [-0.4, -0.2) is 24.2 Å². The summed E-state index contributed by atoms with van der Waals surface area (Å²) < 4.78 is 0. The molecular formula is C10H15N3S. The van der Waals surface area contributed by atoms with E-state index in [4.69, 9.17) is 12.2 Å². The molecule has 3 nitrogen and oxygen atoms in total. The van der Waals surface area contributed by atoms with Crippen LogP contribution in [0.25, 0.3) is 0 Å². The van der Waals surface area contributed by atoms with Gasteiger partial charge in [-0.15, -0.1) is 0 Å². The highest BCUT2D eigenvalue weighted by Crippen LogP contribution is 1.96. The third kappa shape index (κ3) is 4.20. The van der Waals surface area contributed by atoms with Gasteiger partial charge in [0.1, 0.15) is 0 Å². The summed E-state index contributed by atoms with van der Waals surface area (Å²) in [6.45, 7) is 0.751. The average Bonchev–Trinajstić information content (AvgIpc) is 2.15. The van der Waals surface area contributed by atoms with Gasteiger partial charge in [0.25, 0.3) is 0 Å². The fourth-order valence-electron chi connectivity index (χ4n) is 1.02. The number of nitrogens with zero attached hydrogens (tertiary/aromatic N) is 1. The molecule has 2 N–H and O–H groups in total. The summed E-state index contributed by atoms with van der Waals surface area (Å²) in [4.78, 5) is 0. The van der Waals surface area contributed by atoms with Crippen LogP contribution in [0.2, 0.25) is 0 Å². The molecule has 0 spiro atoms. The van der Waals surface area contributed by atoms with Crippen LogP contribution in [0.4, 0.5) is 0 Å². The normalized spacial score (nSPS) is 9.93. The lowest BCUT2D eigenvalue weighted by atomic mass is 10.2. The highest BCUT2D eigenvalue weighted by atomic mass is 32.1. The van der Waals surface area contributed by atoms with Crippen molar-refractivity contribution < 1.29 is 0 Å². The molecule has 1 aromatic rings. The van der Waals surface area contributed by atoms with Crippen LogP contribution in [0, 0.1) is 0 Å². The SMILES string of the molecule is CN(C)NC(=S)NCc1ccccc1. The largest absolute Gasteiger partial charge is 0.358 e. The van der Waals surface area contributed by atoms with Crippen LogP contribution in [0.1, 0.15) is 5.56 Å². The number of rotatable bonds is 3. The molecule has 0 bridgehead atoms. The smallest absolute Gasteiger partial charge is 0.181 e. The maximum absolute atomic E-state index is 5.07. The number of hydrogen-bond acceptors (Lipinski definition) is 2. The lowest BCUT2D eigenvalue weighted by molar-refractivity contribution is 0.359. The number of thiocarbonyl (C=S) groups is 1. The van der Waals surface area contributed by atoms with Crippen molar-refractivity contribution in [3.8, 4) is 0 Å². The van der Waals surface area contributed by atoms with Gasteiger partial charge in [0, 0.05) is 20.6 Å². The van der Waals surface area contributed by atoms with E-state index in [1.54, 1.807) is 5.01 Å². The van der Waals surface area contributed by atoms with Crippen LogP contribution >= 0.6 is 12.2 Å². The zero-order chi connectivity index (χ0) is 10.4. The molecule has 0 amide bonds. The van der Waals surface area contributed by atoms with E-state index in [0.717, 1.165) is 6.54 Å². The van der Waals surface area contributed by atoms with Crippen molar-refractivity contribution in [2.24, 2.45) is 0 Å². The minimum Gasteiger partial charge on any atom is -0.358 e. The molecule has 0 atom stereocenters. The minimum atomic E-state index is 0.638. The van der Waals surface area contributed by atoms with E-state index in [1.165, 1.54) is 5.56 Å². The summed E-state index contributed by atoms with van der Waals surface area (Å²) in [7, 11) is 3.80. The second kappa shape index (κ2) is 5.57. The molecule has 0 saturated carbocycles. The molecule has 0 aliphatic carbocycles. The fourth-order valence-corrected chi connectivity index (χ4v) is 1.28. The Morgan fingerprint density at radius 2 is 1.93 bits per heavy atom. The van der Waals surface area contributed by atoms with Crippen LogP contribution in [0.3, 0.4) is 0 Å². The first-order valence-corrected chi connectivity index (χ1v) is 4.85. The van der Waals surface area contributed by atoms with Gasteiger partial charge < -0.3 is 5.32 Å². The Morgan fingerprint density at radius 3 is 2.50 bits per heavy atom. The van der Waals surface area contributed by atoms with Crippen molar-refractivity contribution in [3.05, 3.63) is 35.9 Å². The van der Waals surface area contributed by atoms with E-state index in [-0.39, 0.29) is 0 Å². The molecule has 14 heavy (non-hydrogen) atoms. The van der Waals surface area contributed by atoms with Gasteiger partial charge in [-0.3, -0.25) is 5.43 Å². The molecule has 0 aliphatic heterocycles. The Morgan fingerprint density at radius 1 is 1.29 bits per heavy atom. The highest BCUT2D eigenvalue weighted by molar-refractivity contribution is 7.80. The van der Waals surface area contributed by atoms with Crippen molar-refractivity contribution >= 4 is 17.3 Å². The van der Waals surface area contributed by atoms with Gasteiger partial charge in [-0.05, 0) is 17.8 Å². The summed E-state index contributed by atoms with van der Waals surface area (Å²) in [5.74, 6) is 0. The Kier molecular flexibility index (Phi) is 4.35. The highest BCUT2D eigenvalue weighted by Gasteiger charge is 1.95. The third-order valence-corrected chi connectivity index (χ3v) is 1.86. The lowest BCUT2D eigenvalue weighted by Gasteiger charge is -2.15. The molecule has 1 rings (SSSR count). The molecule has 0 heterocycles. The summed E-state index contributed by atoms with van der Waals surface area (Å²) in [5.41, 5.74) is 4.18. The van der Waals surface area contributed by atoms with Crippen molar-refractivity contribution in [1.29, 1.82) is 0 Å². The second-order valence-corrected chi connectivity index (χ2v) is 3.58. The first-order chi connectivity index (χ1) is 6.68. The van der Waals surface area contributed by atoms with Gasteiger partial charge in [0.05, 0.1) is 0 Å². The van der Waals surface area contributed by atoms with Gasteiger partial charge >= 0.3 is 0 Å². The van der Waals surface area contributed by atoms with Gasteiger partial charge in [0.15, 0.2) is 5.11 Å². The van der Waals surface area contributed by atoms with Crippen LogP contribution in [-0.2, 0) is 6.54 Å². The summed E-state index contributed by atoms with van der Waals surface area (Å²) in [6.07, 6.45) is 0. The van der Waals surface area contributed by atoms with Gasteiger partial charge in [0.2, 0.25) is 0 Å². The van der Waals surface area contributed by atoms with E-state index in [2.05, 4.69) is 22.9 Å². The first-order valence-electron chi connectivity index (χ1n) is 4.44. The summed E-state index contributed by atoms with van der Waals surface area (Å²) in [6, 6.07) is 10.1. The summed E-state index contributed by atoms with van der Waals surface area (Å²) in [5, 5.41) is 5.55. The predicted molar refractivity (Wildman–Crippen MR) is 62.7 cm³/mol. The quantitative estimate of drug-likeness (QED) is 0.576. The molecule has 0 radical (unpaired) electrons. The minimum absolute atomic E-state index is 0.638. The van der Waals surface area contributed by atoms with E-state index in [1.807, 2.05) is 32.3 Å². The summed E-state index contributed by atoms with van der Waals surface area (Å²) >= 11 is 5.07. The molecule has 0 fully saturated rings. The van der Waals surface area contributed by atoms with Crippen LogP contribution < -0.4 is 10.7 Å². The average molecular weight is 209 g/mol. The molecule has 4 heteroatoms. The second-order valence-electron chi connectivity index (χ2n) is 3.17. The van der Waals surface area contributed by atoms with Gasteiger partial charge in [-0.1, -0.05) is 30.3 Å². The van der Waals surface area contributed by atoms with Crippen molar-refractivity contribution in [3.63, 3.8) is 0 Å². The van der Waals surface area contributed by atoms with Crippen LogP contribution in [0.15, 0.2) is 30.3 Å². The number of benzene rings is 1. The number of hydrogen-bond donors (Lipinski definition) is 2. The van der Waals surface area contributed by atoms with Gasteiger partial charge in [-0.2, -0.15) is 0 Å². The van der Waals surface area contributed by atoms with Crippen LogP contribution in [0.5, 0.6) is 0 Å². The predicted octanol–water partition coefficient (Wildman–Crippen LogP) is 1.13. The molecule has 0 aromatic heterocycles. The van der Waals surface area contributed by atoms with E-state index < -0.39 is 0 Å². The molecule has 0 saturated heterocycles. The van der Waals surface area contributed by atoms with Crippen molar-refractivity contribution in [1.82, 2.24) is 15.8 Å². The fraction of sp³-hybridized carbons (Fsp3) is 0.300. The molecule has 0 unspecified atom stereocenters. The third-order valence-electron chi connectivity index (χ3n) is 1.62. The Labute approximate surface area is 90.1 Å². The van der Waals surface area contributed by atoms with E-state index in [0.29, 0.717) is 5.11 Å². The number of hydrazine groups is 1. The topological polar surface area (TPSA) is 27.3 Å². The maximum Gasteiger partial charge on any atom is 0.181 e. The van der Waals surface area contributed by atoms with E-state index >= 15 is 0 Å². The monoisotopic (exact) mass is 209 g/mol. The standard InChI is InChI=1S/C10H15N3S/c1-13(2)12-10(14)11-8-9-6-4-3-5-7-9/h3-7H,8H2,1-2H3,(H2,11,12,14). The first kappa shape index (κ1) is 10.9. The zero-order valence-corrected chi connectivity index (χ0v) is 9.27. The maximum atomic E-state index is 5.07.